The van der Waals surface area contributed by atoms with E-state index in [0.29, 0.717) is 29.7 Å². The lowest BCUT2D eigenvalue weighted by Crippen LogP contribution is -2.57. The molecule has 3 rings (SSSR count). The number of carbonyl (C=O) groups excluding carboxylic acids is 2. The molecule has 0 aliphatic carbocycles. The summed E-state index contributed by atoms with van der Waals surface area (Å²) < 4.78 is 0.712. The van der Waals surface area contributed by atoms with Crippen molar-refractivity contribution in [2.24, 2.45) is 5.92 Å². The van der Waals surface area contributed by atoms with Gasteiger partial charge in [0.05, 0.1) is 19.0 Å². The second-order valence-corrected chi connectivity index (χ2v) is 8.79. The molecule has 0 spiro atoms. The highest BCUT2D eigenvalue weighted by atomic mass is 16.1. The Morgan fingerprint density at radius 3 is 2.34 bits per heavy atom. The summed E-state index contributed by atoms with van der Waals surface area (Å²) in [4.78, 5) is 25.7. The molecule has 1 fully saturated rings. The van der Waals surface area contributed by atoms with Gasteiger partial charge < -0.3 is 4.48 Å². The van der Waals surface area contributed by atoms with Crippen LogP contribution in [0.2, 0.25) is 0 Å². The van der Waals surface area contributed by atoms with E-state index in [2.05, 4.69) is 50.2 Å². The lowest BCUT2D eigenvalue weighted by Gasteiger charge is -2.44. The van der Waals surface area contributed by atoms with Crippen LogP contribution in [-0.4, -0.2) is 35.7 Å². The standard InChI is InChI=1S/C26H34NO2/c1-4-26(29)23-14-9-15-27(18-23,17-22-12-6-5-7-13-22)19-24(28)16-25-20(2)10-8-11-21(25)3/h5-8,10-13,23H,4,9,14-19H2,1-3H3/q+1. The van der Waals surface area contributed by atoms with E-state index in [1.165, 1.54) is 16.7 Å². The van der Waals surface area contributed by atoms with E-state index in [0.717, 1.165) is 38.0 Å². The van der Waals surface area contributed by atoms with Gasteiger partial charge >= 0.3 is 0 Å². The number of rotatable bonds is 8. The summed E-state index contributed by atoms with van der Waals surface area (Å²) in [5.74, 6) is 0.718. The van der Waals surface area contributed by atoms with Crippen molar-refractivity contribution < 1.29 is 14.1 Å². The average Bonchev–Trinajstić information content (AvgIpc) is 2.71. The molecular formula is C26H34NO2+. The van der Waals surface area contributed by atoms with Gasteiger partial charge in [0, 0.05) is 18.4 Å². The summed E-state index contributed by atoms with van der Waals surface area (Å²) in [6, 6.07) is 16.6. The van der Waals surface area contributed by atoms with Gasteiger partial charge in [-0.3, -0.25) is 9.59 Å². The summed E-state index contributed by atoms with van der Waals surface area (Å²) in [5, 5.41) is 0. The zero-order valence-electron chi connectivity index (χ0n) is 18.1. The number of Topliss-reactive ketones (excluding diaryl/α,β-unsaturated/α-hetero) is 2. The zero-order chi connectivity index (χ0) is 20.9. The Hall–Kier alpha value is -2.26. The Bertz CT molecular complexity index is 838. The van der Waals surface area contributed by atoms with Crippen molar-refractivity contribution in [1.29, 1.82) is 0 Å². The largest absolute Gasteiger partial charge is 0.313 e. The van der Waals surface area contributed by atoms with Gasteiger partial charge in [0.25, 0.3) is 0 Å². The molecule has 1 aliphatic rings. The molecule has 2 atom stereocenters. The molecule has 2 aromatic rings. The van der Waals surface area contributed by atoms with Crippen LogP contribution in [0.4, 0.5) is 0 Å². The fourth-order valence-corrected chi connectivity index (χ4v) is 4.94. The maximum Gasteiger partial charge on any atom is 0.191 e. The van der Waals surface area contributed by atoms with Crippen LogP contribution in [0.1, 0.15) is 48.4 Å². The first-order valence-corrected chi connectivity index (χ1v) is 10.9. The minimum atomic E-state index is 0.0884. The normalized spacial score (nSPS) is 21.7. The number of ketones is 2. The molecule has 3 nitrogen and oxygen atoms in total. The Morgan fingerprint density at radius 1 is 1.00 bits per heavy atom. The van der Waals surface area contributed by atoms with Crippen molar-refractivity contribution in [3.05, 3.63) is 70.8 Å². The molecule has 29 heavy (non-hydrogen) atoms. The van der Waals surface area contributed by atoms with Crippen LogP contribution in [0, 0.1) is 19.8 Å². The number of nitrogens with zero attached hydrogens (tertiary/aromatic N) is 1. The highest BCUT2D eigenvalue weighted by Gasteiger charge is 2.39. The van der Waals surface area contributed by atoms with Gasteiger partial charge in [-0.1, -0.05) is 55.5 Å². The summed E-state index contributed by atoms with van der Waals surface area (Å²) in [6.45, 7) is 9.22. The molecule has 2 aromatic carbocycles. The van der Waals surface area contributed by atoms with Crippen LogP contribution in [0.25, 0.3) is 0 Å². The van der Waals surface area contributed by atoms with E-state index in [1.54, 1.807) is 0 Å². The van der Waals surface area contributed by atoms with Crippen molar-refractivity contribution in [1.82, 2.24) is 0 Å². The lowest BCUT2D eigenvalue weighted by atomic mass is 9.89. The van der Waals surface area contributed by atoms with E-state index in [4.69, 9.17) is 0 Å². The Morgan fingerprint density at radius 2 is 1.69 bits per heavy atom. The van der Waals surface area contributed by atoms with E-state index in [-0.39, 0.29) is 11.7 Å². The molecular weight excluding hydrogens is 358 g/mol. The van der Waals surface area contributed by atoms with Gasteiger partial charge in [0.1, 0.15) is 18.9 Å². The summed E-state index contributed by atoms with van der Waals surface area (Å²) in [5.41, 5.74) is 4.78. The van der Waals surface area contributed by atoms with Crippen LogP contribution >= 0.6 is 0 Å². The number of quaternary nitrogens is 1. The molecule has 0 aromatic heterocycles. The van der Waals surface area contributed by atoms with Crippen molar-refractivity contribution in [2.75, 3.05) is 19.6 Å². The molecule has 1 saturated heterocycles. The molecule has 0 bridgehead atoms. The van der Waals surface area contributed by atoms with Crippen LogP contribution < -0.4 is 0 Å². The van der Waals surface area contributed by atoms with Crippen molar-refractivity contribution in [3.8, 4) is 0 Å². The summed E-state index contributed by atoms with van der Waals surface area (Å²) in [6.07, 6.45) is 3.05. The van der Waals surface area contributed by atoms with Gasteiger partial charge in [0.2, 0.25) is 0 Å². The van der Waals surface area contributed by atoms with Crippen LogP contribution in [-0.2, 0) is 22.6 Å². The van der Waals surface area contributed by atoms with Crippen LogP contribution in [0.5, 0.6) is 0 Å². The minimum Gasteiger partial charge on any atom is -0.313 e. The average molecular weight is 393 g/mol. The topological polar surface area (TPSA) is 34.1 Å². The number of piperidine rings is 1. The van der Waals surface area contributed by atoms with Gasteiger partial charge in [-0.15, -0.1) is 0 Å². The van der Waals surface area contributed by atoms with Gasteiger partial charge in [-0.2, -0.15) is 0 Å². The maximum atomic E-state index is 13.2. The molecule has 0 saturated carbocycles. The second kappa shape index (κ2) is 9.49. The SMILES string of the molecule is CCC(=O)C1CCC[N+](CC(=O)Cc2c(C)cccc2C)(Cc2ccccc2)C1. The zero-order valence-corrected chi connectivity index (χ0v) is 18.1. The molecule has 3 heteroatoms. The first-order chi connectivity index (χ1) is 13.9. The third-order valence-electron chi connectivity index (χ3n) is 6.49. The monoisotopic (exact) mass is 392 g/mol. The van der Waals surface area contributed by atoms with Gasteiger partial charge in [-0.25, -0.2) is 0 Å². The quantitative estimate of drug-likeness (QED) is 0.604. The number of hydrogen-bond donors (Lipinski definition) is 0. The predicted molar refractivity (Wildman–Crippen MR) is 118 cm³/mol. The van der Waals surface area contributed by atoms with Crippen LogP contribution in [0.15, 0.2) is 48.5 Å². The number of hydrogen-bond acceptors (Lipinski definition) is 2. The summed E-state index contributed by atoms with van der Waals surface area (Å²) >= 11 is 0. The van der Waals surface area contributed by atoms with E-state index >= 15 is 0 Å². The van der Waals surface area contributed by atoms with E-state index in [9.17, 15) is 9.59 Å². The molecule has 1 heterocycles. The van der Waals surface area contributed by atoms with Crippen molar-refractivity contribution >= 4 is 11.6 Å². The molecule has 2 unspecified atom stereocenters. The smallest absolute Gasteiger partial charge is 0.191 e. The number of benzene rings is 2. The Labute approximate surface area is 175 Å². The third-order valence-corrected chi connectivity index (χ3v) is 6.49. The van der Waals surface area contributed by atoms with E-state index in [1.807, 2.05) is 19.1 Å². The maximum absolute atomic E-state index is 13.2. The van der Waals surface area contributed by atoms with Gasteiger partial charge in [-0.05, 0) is 43.4 Å². The fraction of sp³-hybridized carbons (Fsp3) is 0.462. The lowest BCUT2D eigenvalue weighted by molar-refractivity contribution is -0.940. The second-order valence-electron chi connectivity index (χ2n) is 8.79. The first kappa shape index (κ1) is 21.4. The Kier molecular flexibility index (Phi) is 7.02. The van der Waals surface area contributed by atoms with Crippen molar-refractivity contribution in [3.63, 3.8) is 0 Å². The fourth-order valence-electron chi connectivity index (χ4n) is 4.94. The first-order valence-electron chi connectivity index (χ1n) is 10.9. The van der Waals surface area contributed by atoms with E-state index < -0.39 is 0 Å². The minimum absolute atomic E-state index is 0.0884. The molecule has 154 valence electrons. The molecule has 1 aliphatic heterocycles. The highest BCUT2D eigenvalue weighted by molar-refractivity contribution is 5.83. The number of aryl methyl sites for hydroxylation is 2. The number of likely N-dealkylation sites (tertiary alicyclic amines) is 1. The van der Waals surface area contributed by atoms with Crippen molar-refractivity contribution in [2.45, 2.75) is 53.0 Å². The van der Waals surface area contributed by atoms with Crippen LogP contribution in [0.3, 0.4) is 0 Å². The Balaban J connectivity index is 1.83. The molecule has 0 radical (unpaired) electrons. The molecule has 0 N–H and O–H groups in total. The highest BCUT2D eigenvalue weighted by Crippen LogP contribution is 2.28. The third kappa shape index (κ3) is 5.42. The van der Waals surface area contributed by atoms with Gasteiger partial charge in [0.15, 0.2) is 5.78 Å². The predicted octanol–water partition coefficient (Wildman–Crippen LogP) is 4.82. The number of carbonyl (C=O) groups is 2. The molecule has 0 amide bonds. The summed E-state index contributed by atoms with van der Waals surface area (Å²) in [7, 11) is 0.